The van der Waals surface area contributed by atoms with Crippen molar-refractivity contribution in [2.24, 2.45) is 0 Å². The van der Waals surface area contributed by atoms with Gasteiger partial charge in [0.05, 0.1) is 12.7 Å². The van der Waals surface area contributed by atoms with Gasteiger partial charge >= 0.3 is 19.8 Å². The first-order chi connectivity index (χ1) is 25.7. The maximum absolute atomic E-state index is 12.4. The lowest BCUT2D eigenvalue weighted by atomic mass is 10.1. The fourth-order valence-corrected chi connectivity index (χ4v) is 5.28. The summed E-state index contributed by atoms with van der Waals surface area (Å²) in [6.45, 7) is 3.42. The number of rotatable bonds is 35. The lowest BCUT2D eigenvalue weighted by molar-refractivity contribution is -0.161. The smallest absolute Gasteiger partial charge is 0.462 e. The van der Waals surface area contributed by atoms with Crippen molar-refractivity contribution in [2.75, 3.05) is 13.2 Å². The molecule has 10 heteroatoms. The Hall–Kier alpha value is -2.81. The van der Waals surface area contributed by atoms with Gasteiger partial charge in [0, 0.05) is 12.8 Å². The van der Waals surface area contributed by atoms with Crippen LogP contribution in [0.15, 0.2) is 85.1 Å². The number of carbonyl (C=O) groups excluding carboxylic acids is 2. The van der Waals surface area contributed by atoms with Gasteiger partial charge in [0.1, 0.15) is 6.61 Å². The number of allylic oxidation sites excluding steroid dienone is 13. The third-order valence-electron chi connectivity index (χ3n) is 7.96. The van der Waals surface area contributed by atoms with Crippen molar-refractivity contribution in [2.45, 2.75) is 161 Å². The second-order valence-electron chi connectivity index (χ2n) is 13.1. The zero-order chi connectivity index (χ0) is 39.1. The van der Waals surface area contributed by atoms with Crippen LogP contribution >= 0.6 is 7.82 Å². The molecule has 0 amide bonds. The van der Waals surface area contributed by atoms with Crippen LogP contribution in [-0.4, -0.2) is 52.3 Å². The molecule has 0 unspecified atom stereocenters. The number of carbonyl (C=O) groups is 2. The average molecular weight is 763 g/mol. The van der Waals surface area contributed by atoms with Crippen LogP contribution in [-0.2, 0) is 28.2 Å². The molecule has 0 aliphatic carbocycles. The van der Waals surface area contributed by atoms with Crippen molar-refractivity contribution in [3.63, 3.8) is 0 Å². The Bertz CT molecular complexity index is 1150. The van der Waals surface area contributed by atoms with Gasteiger partial charge in [-0.25, -0.2) is 4.57 Å². The molecule has 0 rings (SSSR count). The lowest BCUT2D eigenvalue weighted by Crippen LogP contribution is -2.29. The van der Waals surface area contributed by atoms with Crippen LogP contribution in [0.3, 0.4) is 0 Å². The molecule has 0 aromatic heterocycles. The molecule has 0 spiro atoms. The standard InChI is InChI=1S/C43H71O9P/c1-3-5-7-8-9-10-11-12-13-14-15-16-21-24-27-30-33-37-43(46)52-41(39-51-53(47,48)49)38-50-42(45)36-32-29-26-23-20-18-17-19-22-25-28-31-35-40(44)34-6-4-2/h9-10,12-13,15-18,22-23,25-26,31,35,40-41,44H,3-8,11,14,19-21,24,27-30,32-34,36-39H2,1-2H3,(H2,47,48,49)/b10-9-,13-12-,16-15-,18-17-,25-22-,26-23-,35-31-/t40-,41+/m0/s1. The van der Waals surface area contributed by atoms with Gasteiger partial charge in [-0.1, -0.05) is 137 Å². The van der Waals surface area contributed by atoms with E-state index in [4.69, 9.17) is 19.3 Å². The molecule has 0 aliphatic heterocycles. The Balaban J connectivity index is 4.14. The Morgan fingerprint density at radius 2 is 1.04 bits per heavy atom. The first-order valence-electron chi connectivity index (χ1n) is 20.0. The Labute approximate surface area is 321 Å². The van der Waals surface area contributed by atoms with Crippen molar-refractivity contribution >= 4 is 19.8 Å². The third kappa shape index (κ3) is 40.2. The minimum atomic E-state index is -4.79. The highest BCUT2D eigenvalue weighted by atomic mass is 31.2. The molecule has 2 atom stereocenters. The highest BCUT2D eigenvalue weighted by molar-refractivity contribution is 7.46. The Morgan fingerprint density at radius 1 is 0.566 bits per heavy atom. The van der Waals surface area contributed by atoms with E-state index in [0.29, 0.717) is 19.3 Å². The van der Waals surface area contributed by atoms with E-state index in [1.165, 1.54) is 25.7 Å². The number of ether oxygens (including phenoxy) is 2. The molecule has 302 valence electrons. The minimum Gasteiger partial charge on any atom is -0.462 e. The van der Waals surface area contributed by atoms with Crippen LogP contribution in [0.2, 0.25) is 0 Å². The van der Waals surface area contributed by atoms with E-state index >= 15 is 0 Å². The Kier molecular flexibility index (Phi) is 35.5. The third-order valence-corrected chi connectivity index (χ3v) is 8.44. The topological polar surface area (TPSA) is 140 Å². The van der Waals surface area contributed by atoms with E-state index in [-0.39, 0.29) is 25.6 Å². The van der Waals surface area contributed by atoms with Gasteiger partial charge in [0.2, 0.25) is 0 Å². The van der Waals surface area contributed by atoms with Gasteiger partial charge in [-0.05, 0) is 83.5 Å². The van der Waals surface area contributed by atoms with Crippen LogP contribution in [0.25, 0.3) is 0 Å². The summed E-state index contributed by atoms with van der Waals surface area (Å²) in [5.74, 6) is -1.01. The average Bonchev–Trinajstić information content (AvgIpc) is 3.12. The highest BCUT2D eigenvalue weighted by Crippen LogP contribution is 2.36. The predicted molar refractivity (Wildman–Crippen MR) is 217 cm³/mol. The first-order valence-corrected chi connectivity index (χ1v) is 21.5. The summed E-state index contributed by atoms with van der Waals surface area (Å²) in [6.07, 6.45) is 46.4. The van der Waals surface area contributed by atoms with Crippen molar-refractivity contribution in [3.05, 3.63) is 85.1 Å². The molecule has 0 aliphatic rings. The van der Waals surface area contributed by atoms with E-state index in [9.17, 15) is 19.3 Å². The van der Waals surface area contributed by atoms with Crippen molar-refractivity contribution in [1.82, 2.24) is 0 Å². The van der Waals surface area contributed by atoms with Crippen LogP contribution in [0.5, 0.6) is 0 Å². The van der Waals surface area contributed by atoms with E-state index < -0.39 is 32.5 Å². The summed E-state index contributed by atoms with van der Waals surface area (Å²) >= 11 is 0. The summed E-state index contributed by atoms with van der Waals surface area (Å²) in [4.78, 5) is 42.8. The molecule has 0 aromatic rings. The number of unbranched alkanes of at least 4 members (excludes halogenated alkanes) is 9. The van der Waals surface area contributed by atoms with E-state index in [1.807, 2.05) is 24.3 Å². The second-order valence-corrected chi connectivity index (χ2v) is 14.3. The quantitative estimate of drug-likeness (QED) is 0.0249. The zero-order valence-corrected chi connectivity index (χ0v) is 33.6. The summed E-state index contributed by atoms with van der Waals surface area (Å²) in [7, 11) is -4.79. The maximum Gasteiger partial charge on any atom is 0.469 e. The first kappa shape index (κ1) is 50.2. The summed E-state index contributed by atoms with van der Waals surface area (Å²) < 4.78 is 26.3. The molecule has 3 N–H and O–H groups in total. The molecular formula is C43H71O9P. The molecule has 0 saturated heterocycles. The van der Waals surface area contributed by atoms with Crippen molar-refractivity contribution < 1.29 is 43.0 Å². The van der Waals surface area contributed by atoms with Gasteiger partial charge in [-0.15, -0.1) is 0 Å². The fraction of sp³-hybridized carbons (Fsp3) is 0.628. The van der Waals surface area contributed by atoms with Crippen LogP contribution in [0.4, 0.5) is 0 Å². The molecule has 0 fully saturated rings. The SMILES string of the molecule is CCCCC/C=C\C/C=C\C/C=C\CCCCCCC(=O)O[C@H](COC(=O)CCC/C=C\C/C=C\C/C=C\C/C=C\[C@@H](O)CCCC)COP(=O)(O)O. The van der Waals surface area contributed by atoms with Crippen LogP contribution < -0.4 is 0 Å². The molecule has 53 heavy (non-hydrogen) atoms. The monoisotopic (exact) mass is 762 g/mol. The van der Waals surface area contributed by atoms with E-state index in [2.05, 4.69) is 79.1 Å². The van der Waals surface area contributed by atoms with Gasteiger partial charge in [0.25, 0.3) is 0 Å². The summed E-state index contributed by atoms with van der Waals surface area (Å²) in [5.41, 5.74) is 0. The second kappa shape index (κ2) is 37.5. The number of phosphoric ester groups is 1. The number of hydrogen-bond acceptors (Lipinski definition) is 7. The maximum atomic E-state index is 12.4. The molecule has 0 aromatic carbocycles. The molecular weight excluding hydrogens is 691 g/mol. The molecule has 0 saturated carbocycles. The Morgan fingerprint density at radius 3 is 1.58 bits per heavy atom. The van der Waals surface area contributed by atoms with E-state index in [1.54, 1.807) is 0 Å². The van der Waals surface area contributed by atoms with Crippen molar-refractivity contribution in [1.29, 1.82) is 0 Å². The number of aliphatic hydroxyl groups is 1. The summed E-state index contributed by atoms with van der Waals surface area (Å²) in [5, 5.41) is 9.78. The van der Waals surface area contributed by atoms with Crippen LogP contribution in [0.1, 0.15) is 149 Å². The van der Waals surface area contributed by atoms with Crippen LogP contribution in [0, 0.1) is 0 Å². The minimum absolute atomic E-state index is 0.162. The van der Waals surface area contributed by atoms with Crippen molar-refractivity contribution in [3.8, 4) is 0 Å². The normalized spacial score (nSPS) is 14.0. The number of aliphatic hydroxyl groups excluding tert-OH is 1. The molecule has 0 radical (unpaired) electrons. The lowest BCUT2D eigenvalue weighted by Gasteiger charge is -2.18. The predicted octanol–water partition coefficient (Wildman–Crippen LogP) is 11.0. The molecule has 9 nitrogen and oxygen atoms in total. The fourth-order valence-electron chi connectivity index (χ4n) is 4.92. The van der Waals surface area contributed by atoms with E-state index in [0.717, 1.165) is 77.0 Å². The van der Waals surface area contributed by atoms with Gasteiger partial charge in [-0.2, -0.15) is 0 Å². The van der Waals surface area contributed by atoms with Gasteiger partial charge in [0.15, 0.2) is 6.10 Å². The number of hydrogen-bond donors (Lipinski definition) is 3. The molecule has 0 bridgehead atoms. The highest BCUT2D eigenvalue weighted by Gasteiger charge is 2.22. The number of esters is 2. The zero-order valence-electron chi connectivity index (χ0n) is 32.7. The number of phosphoric acid groups is 1. The summed E-state index contributed by atoms with van der Waals surface area (Å²) in [6, 6.07) is 0. The van der Waals surface area contributed by atoms with Gasteiger partial charge < -0.3 is 24.4 Å². The van der Waals surface area contributed by atoms with Gasteiger partial charge in [-0.3, -0.25) is 14.1 Å². The largest absolute Gasteiger partial charge is 0.469 e. The molecule has 0 heterocycles.